The van der Waals surface area contributed by atoms with E-state index in [2.05, 4.69) is 15.6 Å². The van der Waals surface area contributed by atoms with Crippen molar-refractivity contribution in [2.75, 3.05) is 0 Å². The van der Waals surface area contributed by atoms with Gasteiger partial charge >= 0.3 is 0 Å². The molecule has 90 valence electrons. The van der Waals surface area contributed by atoms with Crippen molar-refractivity contribution < 1.29 is 0 Å². The first kappa shape index (κ1) is 11.4. The van der Waals surface area contributed by atoms with Crippen molar-refractivity contribution in [3.05, 3.63) is 29.0 Å². The van der Waals surface area contributed by atoms with Gasteiger partial charge in [-0.25, -0.2) is 4.98 Å². The zero-order valence-corrected chi connectivity index (χ0v) is 11.2. The van der Waals surface area contributed by atoms with Gasteiger partial charge in [0.15, 0.2) is 0 Å². The van der Waals surface area contributed by atoms with E-state index in [1.54, 1.807) is 0 Å². The van der Waals surface area contributed by atoms with Crippen molar-refractivity contribution in [2.24, 2.45) is 5.92 Å². The number of hydrogen-bond acceptors (Lipinski definition) is 1. The average molecular weight is 269 g/mol. The molecule has 1 heterocycles. The number of imidazole rings is 1. The topological polar surface area (TPSA) is 17.8 Å². The molecule has 2 aromatic rings. The predicted molar refractivity (Wildman–Crippen MR) is 71.7 cm³/mol. The lowest BCUT2D eigenvalue weighted by Crippen LogP contribution is -2.05. The molecule has 1 saturated carbocycles. The summed E-state index contributed by atoms with van der Waals surface area (Å²) in [5, 5.41) is 0.618. The van der Waals surface area contributed by atoms with E-state index in [0.717, 1.165) is 29.3 Å². The molecule has 1 unspecified atom stereocenters. The molecule has 4 heteroatoms. The molecule has 1 aromatic heterocycles. The lowest BCUT2D eigenvalue weighted by Gasteiger charge is -2.09. The van der Waals surface area contributed by atoms with Gasteiger partial charge in [-0.3, -0.25) is 0 Å². The van der Waals surface area contributed by atoms with Crippen LogP contribution in [0.3, 0.4) is 0 Å². The molecule has 17 heavy (non-hydrogen) atoms. The molecular formula is C13H14Cl2N2. The van der Waals surface area contributed by atoms with E-state index in [4.69, 9.17) is 23.2 Å². The summed E-state index contributed by atoms with van der Waals surface area (Å²) in [7, 11) is 0. The van der Waals surface area contributed by atoms with Crippen LogP contribution < -0.4 is 0 Å². The summed E-state index contributed by atoms with van der Waals surface area (Å²) in [5.74, 6) is 1.72. The molecule has 1 atom stereocenters. The molecular weight excluding hydrogens is 255 g/mol. The number of aromatic nitrogens is 2. The SMILES string of the molecule is CC(Cl)c1nc2c(Cl)cccc2n1CC1CC1. The molecule has 0 bridgehead atoms. The van der Waals surface area contributed by atoms with Crippen molar-refractivity contribution in [3.8, 4) is 0 Å². The second-order valence-electron chi connectivity index (χ2n) is 4.75. The molecule has 1 fully saturated rings. The van der Waals surface area contributed by atoms with E-state index < -0.39 is 0 Å². The number of alkyl halides is 1. The minimum atomic E-state index is -0.0859. The summed E-state index contributed by atoms with van der Waals surface area (Å²) in [6.07, 6.45) is 2.63. The van der Waals surface area contributed by atoms with Crippen molar-refractivity contribution >= 4 is 34.2 Å². The van der Waals surface area contributed by atoms with Crippen LogP contribution in [0.5, 0.6) is 0 Å². The Labute approximate surface area is 111 Å². The van der Waals surface area contributed by atoms with Crippen LogP contribution in [0, 0.1) is 5.92 Å². The van der Waals surface area contributed by atoms with Crippen LogP contribution in [0.15, 0.2) is 18.2 Å². The van der Waals surface area contributed by atoms with E-state index >= 15 is 0 Å². The molecule has 0 spiro atoms. The molecule has 0 amide bonds. The minimum absolute atomic E-state index is 0.0859. The van der Waals surface area contributed by atoms with Crippen molar-refractivity contribution in [1.82, 2.24) is 9.55 Å². The molecule has 0 saturated heterocycles. The summed E-state index contributed by atoms with van der Waals surface area (Å²) in [6.45, 7) is 2.98. The second kappa shape index (κ2) is 4.18. The Bertz CT molecular complexity index is 556. The maximum Gasteiger partial charge on any atom is 0.127 e. The standard InChI is InChI=1S/C13H14Cl2N2/c1-8(14)13-16-12-10(15)3-2-4-11(12)17(13)7-9-5-6-9/h2-4,8-9H,5-7H2,1H3. The van der Waals surface area contributed by atoms with Crippen LogP contribution in [0.1, 0.15) is 31.0 Å². The third-order valence-corrected chi connectivity index (χ3v) is 3.75. The Morgan fingerprint density at radius 2 is 2.24 bits per heavy atom. The van der Waals surface area contributed by atoms with Gasteiger partial charge < -0.3 is 4.57 Å². The highest BCUT2D eigenvalue weighted by Crippen LogP contribution is 2.35. The number of rotatable bonds is 3. The van der Waals surface area contributed by atoms with Crippen molar-refractivity contribution in [1.29, 1.82) is 0 Å². The number of nitrogens with zero attached hydrogens (tertiary/aromatic N) is 2. The van der Waals surface area contributed by atoms with Gasteiger partial charge in [-0.2, -0.15) is 0 Å². The fraction of sp³-hybridized carbons (Fsp3) is 0.462. The minimum Gasteiger partial charge on any atom is -0.326 e. The highest BCUT2D eigenvalue weighted by Gasteiger charge is 2.25. The van der Waals surface area contributed by atoms with Gasteiger partial charge in [0.05, 0.1) is 15.9 Å². The molecule has 0 aliphatic heterocycles. The normalized spacial score (nSPS) is 17.6. The Kier molecular flexibility index (Phi) is 2.80. The van der Waals surface area contributed by atoms with Gasteiger partial charge in [0.2, 0.25) is 0 Å². The third kappa shape index (κ3) is 2.04. The van der Waals surface area contributed by atoms with E-state index in [9.17, 15) is 0 Å². The van der Waals surface area contributed by atoms with E-state index in [-0.39, 0.29) is 5.38 Å². The summed E-state index contributed by atoms with van der Waals surface area (Å²) in [4.78, 5) is 4.59. The van der Waals surface area contributed by atoms with Gasteiger partial charge in [0, 0.05) is 6.54 Å². The number of hydrogen-bond donors (Lipinski definition) is 0. The second-order valence-corrected chi connectivity index (χ2v) is 5.81. The lowest BCUT2D eigenvalue weighted by atomic mass is 10.3. The van der Waals surface area contributed by atoms with Gasteiger partial charge in [0.1, 0.15) is 11.3 Å². The zero-order chi connectivity index (χ0) is 12.0. The Morgan fingerprint density at radius 3 is 2.88 bits per heavy atom. The van der Waals surface area contributed by atoms with E-state index in [1.165, 1.54) is 12.8 Å². The van der Waals surface area contributed by atoms with Crippen LogP contribution in [-0.4, -0.2) is 9.55 Å². The maximum absolute atomic E-state index is 6.21. The zero-order valence-electron chi connectivity index (χ0n) is 9.66. The lowest BCUT2D eigenvalue weighted by molar-refractivity contribution is 0.610. The molecule has 3 rings (SSSR count). The highest BCUT2D eigenvalue weighted by molar-refractivity contribution is 6.35. The molecule has 0 N–H and O–H groups in total. The van der Waals surface area contributed by atoms with Crippen molar-refractivity contribution in [3.63, 3.8) is 0 Å². The summed E-state index contributed by atoms with van der Waals surface area (Å²) < 4.78 is 2.23. The summed E-state index contributed by atoms with van der Waals surface area (Å²) >= 11 is 12.4. The predicted octanol–water partition coefficient (Wildman–Crippen LogP) is 4.40. The van der Waals surface area contributed by atoms with E-state index in [0.29, 0.717) is 5.02 Å². The first-order valence-corrected chi connectivity index (χ1v) is 6.77. The number of benzene rings is 1. The molecule has 0 radical (unpaired) electrons. The summed E-state index contributed by atoms with van der Waals surface area (Å²) in [6, 6.07) is 5.92. The van der Waals surface area contributed by atoms with Gasteiger partial charge in [-0.15, -0.1) is 11.6 Å². The number of halogens is 2. The van der Waals surface area contributed by atoms with Crippen molar-refractivity contribution in [2.45, 2.75) is 31.7 Å². The monoisotopic (exact) mass is 268 g/mol. The quantitative estimate of drug-likeness (QED) is 0.755. The first-order valence-electron chi connectivity index (χ1n) is 5.95. The summed E-state index contributed by atoms with van der Waals surface area (Å²) in [5.41, 5.74) is 1.98. The average Bonchev–Trinajstić information content (AvgIpc) is 3.01. The first-order chi connectivity index (χ1) is 8.16. The fourth-order valence-corrected chi connectivity index (χ4v) is 2.56. The number of fused-ring (bicyclic) bond motifs is 1. The highest BCUT2D eigenvalue weighted by atomic mass is 35.5. The molecule has 2 nitrogen and oxygen atoms in total. The maximum atomic E-state index is 6.21. The van der Waals surface area contributed by atoms with Crippen LogP contribution >= 0.6 is 23.2 Å². The van der Waals surface area contributed by atoms with Crippen LogP contribution in [0.25, 0.3) is 11.0 Å². The van der Waals surface area contributed by atoms with Gasteiger partial charge in [0.25, 0.3) is 0 Å². The number of para-hydroxylation sites is 1. The Morgan fingerprint density at radius 1 is 1.47 bits per heavy atom. The van der Waals surface area contributed by atoms with Crippen LogP contribution in [0.2, 0.25) is 5.02 Å². The fourth-order valence-electron chi connectivity index (χ4n) is 2.18. The van der Waals surface area contributed by atoms with Gasteiger partial charge in [-0.05, 0) is 37.8 Å². The smallest absolute Gasteiger partial charge is 0.127 e. The molecule has 1 aliphatic rings. The largest absolute Gasteiger partial charge is 0.326 e. The Balaban J connectivity index is 2.19. The Hall–Kier alpha value is -0.730. The molecule has 1 aromatic carbocycles. The third-order valence-electron chi connectivity index (χ3n) is 3.25. The molecule has 1 aliphatic carbocycles. The van der Waals surface area contributed by atoms with Gasteiger partial charge in [-0.1, -0.05) is 17.7 Å². The van der Waals surface area contributed by atoms with Crippen LogP contribution in [-0.2, 0) is 6.54 Å². The van der Waals surface area contributed by atoms with E-state index in [1.807, 2.05) is 19.1 Å². The van der Waals surface area contributed by atoms with Crippen LogP contribution in [0.4, 0.5) is 0 Å².